The Morgan fingerprint density at radius 2 is 1.86 bits per heavy atom. The maximum Gasteiger partial charge on any atom is 0.193 e. The Hall–Kier alpha value is -2.93. The molecule has 2 aromatic heterocycles. The van der Waals surface area contributed by atoms with E-state index in [2.05, 4.69) is 52.6 Å². The fourth-order valence-electron chi connectivity index (χ4n) is 3.68. The van der Waals surface area contributed by atoms with Gasteiger partial charge in [0.1, 0.15) is 11.5 Å². The average molecular weight is 409 g/mol. The Bertz CT molecular complexity index is 1180. The molecule has 4 aromatic rings. The van der Waals surface area contributed by atoms with E-state index in [-0.39, 0.29) is 11.5 Å². The number of aryl methyl sites for hydroxylation is 2. The van der Waals surface area contributed by atoms with Crippen LogP contribution in [0.2, 0.25) is 0 Å². The molecule has 0 radical (unpaired) electrons. The van der Waals surface area contributed by atoms with E-state index in [0.29, 0.717) is 23.0 Å². The summed E-state index contributed by atoms with van der Waals surface area (Å²) in [5.41, 5.74) is 3.27. The molecular formula is C22H24N4O2S. The van der Waals surface area contributed by atoms with Crippen LogP contribution in [0.5, 0.6) is 11.5 Å². The van der Waals surface area contributed by atoms with E-state index in [4.69, 9.17) is 0 Å². The first kappa shape index (κ1) is 19.4. The van der Waals surface area contributed by atoms with Gasteiger partial charge in [0.25, 0.3) is 0 Å². The molecule has 0 atom stereocenters. The summed E-state index contributed by atoms with van der Waals surface area (Å²) in [6.45, 7) is 5.09. The summed E-state index contributed by atoms with van der Waals surface area (Å²) in [5, 5.41) is 30.5. The summed E-state index contributed by atoms with van der Waals surface area (Å²) in [6.07, 6.45) is 4.98. The lowest BCUT2D eigenvalue weighted by Crippen LogP contribution is -2.01. The van der Waals surface area contributed by atoms with Gasteiger partial charge < -0.3 is 14.8 Å². The van der Waals surface area contributed by atoms with Gasteiger partial charge in [0, 0.05) is 24.2 Å². The van der Waals surface area contributed by atoms with Crippen molar-refractivity contribution in [2.75, 3.05) is 0 Å². The smallest absolute Gasteiger partial charge is 0.193 e. The molecule has 4 rings (SSSR count). The Balaban J connectivity index is 1.91. The van der Waals surface area contributed by atoms with E-state index < -0.39 is 0 Å². The molecule has 2 aromatic carbocycles. The van der Waals surface area contributed by atoms with E-state index in [1.54, 1.807) is 6.07 Å². The van der Waals surface area contributed by atoms with Crippen molar-refractivity contribution in [3.8, 4) is 28.6 Å². The predicted octanol–water partition coefficient (Wildman–Crippen LogP) is 4.95. The number of rotatable bonds is 6. The Morgan fingerprint density at radius 1 is 1.03 bits per heavy atom. The molecule has 0 spiro atoms. The molecule has 0 amide bonds. The van der Waals surface area contributed by atoms with Crippen LogP contribution in [0.15, 0.2) is 47.8 Å². The number of benzene rings is 2. The molecule has 2 N–H and O–H groups in total. The van der Waals surface area contributed by atoms with Crippen LogP contribution in [0.25, 0.3) is 28.0 Å². The zero-order valence-corrected chi connectivity index (χ0v) is 17.4. The minimum Gasteiger partial charge on any atom is -0.508 e. The van der Waals surface area contributed by atoms with Crippen LogP contribution < -0.4 is 0 Å². The lowest BCUT2D eigenvalue weighted by atomic mass is 10.1. The highest BCUT2D eigenvalue weighted by molar-refractivity contribution is 7.80. The van der Waals surface area contributed by atoms with Crippen molar-refractivity contribution < 1.29 is 10.2 Å². The molecule has 0 aliphatic heterocycles. The summed E-state index contributed by atoms with van der Waals surface area (Å²) in [6, 6.07) is 11.3. The first-order chi connectivity index (χ1) is 14.0. The zero-order chi connectivity index (χ0) is 20.5. The summed E-state index contributed by atoms with van der Waals surface area (Å²) < 4.78 is 4.08. The second-order valence-corrected chi connectivity index (χ2v) is 7.48. The minimum atomic E-state index is -0.0469. The van der Waals surface area contributed by atoms with Gasteiger partial charge in [0.15, 0.2) is 11.0 Å². The third-order valence-electron chi connectivity index (χ3n) is 5.25. The first-order valence-corrected chi connectivity index (χ1v) is 10.3. The normalized spacial score (nSPS) is 11.4. The SMILES string of the molecule is CCCCn1ccc2c(-n3c(S)nnc3-c3cc(CC)c(O)cc3O)cccc21. The van der Waals surface area contributed by atoms with Crippen LogP contribution in [0.1, 0.15) is 32.3 Å². The first-order valence-electron chi connectivity index (χ1n) is 9.83. The molecule has 6 nitrogen and oxygen atoms in total. The third-order valence-corrected chi connectivity index (χ3v) is 5.54. The molecule has 0 bridgehead atoms. The molecule has 2 heterocycles. The summed E-state index contributed by atoms with van der Waals surface area (Å²) >= 11 is 4.52. The van der Waals surface area contributed by atoms with E-state index in [1.165, 1.54) is 6.07 Å². The molecule has 0 fully saturated rings. The van der Waals surface area contributed by atoms with Crippen molar-refractivity contribution in [3.63, 3.8) is 0 Å². The predicted molar refractivity (Wildman–Crippen MR) is 117 cm³/mol. The molecule has 0 aliphatic rings. The molecule has 7 heteroatoms. The Kier molecular flexibility index (Phi) is 5.24. The number of hydrogen-bond acceptors (Lipinski definition) is 5. The second-order valence-electron chi connectivity index (χ2n) is 7.08. The second kappa shape index (κ2) is 7.83. The Morgan fingerprint density at radius 3 is 2.62 bits per heavy atom. The maximum atomic E-state index is 10.5. The number of aromatic hydroxyl groups is 2. The van der Waals surface area contributed by atoms with E-state index in [0.717, 1.165) is 41.5 Å². The fraction of sp³-hybridized carbons (Fsp3) is 0.273. The largest absolute Gasteiger partial charge is 0.508 e. The van der Waals surface area contributed by atoms with Crippen LogP contribution in [0, 0.1) is 0 Å². The molecule has 0 aliphatic carbocycles. The van der Waals surface area contributed by atoms with Gasteiger partial charge in [-0.15, -0.1) is 22.8 Å². The van der Waals surface area contributed by atoms with E-state index >= 15 is 0 Å². The average Bonchev–Trinajstić information content (AvgIpc) is 3.30. The van der Waals surface area contributed by atoms with Crippen LogP contribution in [0.4, 0.5) is 0 Å². The van der Waals surface area contributed by atoms with Crippen LogP contribution in [-0.4, -0.2) is 29.5 Å². The van der Waals surface area contributed by atoms with Crippen molar-refractivity contribution in [3.05, 3.63) is 48.2 Å². The van der Waals surface area contributed by atoms with E-state index in [1.807, 2.05) is 23.6 Å². The summed E-state index contributed by atoms with van der Waals surface area (Å²) in [7, 11) is 0. The highest BCUT2D eigenvalue weighted by atomic mass is 32.1. The molecule has 150 valence electrons. The maximum absolute atomic E-state index is 10.5. The zero-order valence-electron chi connectivity index (χ0n) is 16.5. The number of fused-ring (bicyclic) bond motifs is 1. The van der Waals surface area contributed by atoms with Crippen LogP contribution in [-0.2, 0) is 13.0 Å². The van der Waals surface area contributed by atoms with Gasteiger partial charge in [-0.25, -0.2) is 0 Å². The van der Waals surface area contributed by atoms with Crippen LogP contribution in [0.3, 0.4) is 0 Å². The molecular weight excluding hydrogens is 384 g/mol. The van der Waals surface area contributed by atoms with Gasteiger partial charge in [-0.2, -0.15) is 0 Å². The topological polar surface area (TPSA) is 76.1 Å². The van der Waals surface area contributed by atoms with Crippen molar-refractivity contribution in [1.29, 1.82) is 0 Å². The van der Waals surface area contributed by atoms with Crippen LogP contribution >= 0.6 is 12.6 Å². The van der Waals surface area contributed by atoms with Gasteiger partial charge in [-0.05, 0) is 42.7 Å². The molecule has 0 saturated heterocycles. The lowest BCUT2D eigenvalue weighted by molar-refractivity contribution is 0.447. The van der Waals surface area contributed by atoms with Crippen molar-refractivity contribution in [2.24, 2.45) is 0 Å². The van der Waals surface area contributed by atoms with Gasteiger partial charge >= 0.3 is 0 Å². The molecule has 29 heavy (non-hydrogen) atoms. The number of thiol groups is 1. The van der Waals surface area contributed by atoms with Crippen molar-refractivity contribution in [1.82, 2.24) is 19.3 Å². The number of unbranched alkanes of at least 4 members (excludes halogenated alkanes) is 1. The quantitative estimate of drug-likeness (QED) is 0.395. The number of phenols is 2. The van der Waals surface area contributed by atoms with Gasteiger partial charge in [-0.3, -0.25) is 4.57 Å². The summed E-state index contributed by atoms with van der Waals surface area (Å²) in [5.74, 6) is 0.506. The van der Waals surface area contributed by atoms with Crippen molar-refractivity contribution >= 4 is 23.5 Å². The standard InChI is InChI=1S/C22H24N4O2S/c1-3-5-10-25-11-9-15-17(25)7-6-8-18(15)26-21(23-24-22(26)29)16-12-14(4-2)19(27)13-20(16)28/h6-9,11-13,27-28H,3-5,10H2,1-2H3,(H,24,29). The molecule has 0 saturated carbocycles. The highest BCUT2D eigenvalue weighted by Gasteiger charge is 2.20. The number of aromatic nitrogens is 4. The summed E-state index contributed by atoms with van der Waals surface area (Å²) in [4.78, 5) is 0. The fourth-order valence-corrected chi connectivity index (χ4v) is 3.93. The van der Waals surface area contributed by atoms with Gasteiger partial charge in [0.2, 0.25) is 0 Å². The van der Waals surface area contributed by atoms with Gasteiger partial charge in [0.05, 0.1) is 16.8 Å². The number of hydrogen-bond donors (Lipinski definition) is 3. The minimum absolute atomic E-state index is 0.0469. The number of phenolic OH excluding ortho intramolecular Hbond substituents is 2. The van der Waals surface area contributed by atoms with Gasteiger partial charge in [-0.1, -0.05) is 26.3 Å². The third kappa shape index (κ3) is 3.35. The van der Waals surface area contributed by atoms with E-state index in [9.17, 15) is 10.2 Å². The monoisotopic (exact) mass is 408 g/mol. The number of nitrogens with zero attached hydrogens (tertiary/aromatic N) is 4. The highest BCUT2D eigenvalue weighted by Crippen LogP contribution is 2.37. The Labute approximate surface area is 174 Å². The lowest BCUT2D eigenvalue weighted by Gasteiger charge is -2.13. The van der Waals surface area contributed by atoms with Crippen molar-refractivity contribution in [2.45, 2.75) is 44.8 Å². The molecule has 0 unspecified atom stereocenters.